The maximum atomic E-state index is 11.7. The van der Waals surface area contributed by atoms with Gasteiger partial charge in [0.05, 0.1) is 12.7 Å². The molecule has 0 atom stereocenters. The number of methoxy groups -OCH3 is 1. The first-order chi connectivity index (χ1) is 13.5. The van der Waals surface area contributed by atoms with Crippen LogP contribution < -0.4 is 10.6 Å². The number of aromatic nitrogens is 2. The molecule has 0 aliphatic heterocycles. The van der Waals surface area contributed by atoms with Crippen LogP contribution in [0.2, 0.25) is 5.02 Å². The molecule has 0 aliphatic rings. The fourth-order valence-corrected chi connectivity index (χ4v) is 2.93. The second kappa shape index (κ2) is 9.19. The molecule has 3 aromatic rings. The number of anilines is 3. The third-order valence-corrected chi connectivity index (χ3v) is 4.23. The summed E-state index contributed by atoms with van der Waals surface area (Å²) in [4.78, 5) is 20.6. The van der Waals surface area contributed by atoms with Gasteiger partial charge in [-0.25, -0.2) is 9.78 Å². The van der Waals surface area contributed by atoms with Gasteiger partial charge in [-0.3, -0.25) is 0 Å². The van der Waals surface area contributed by atoms with E-state index in [2.05, 4.69) is 20.6 Å². The number of hydrogen-bond donors (Lipinski definition) is 2. The first-order valence-corrected chi connectivity index (χ1v) is 9.21. The Kier molecular flexibility index (Phi) is 6.45. The topological polar surface area (TPSA) is 76.1 Å². The van der Waals surface area contributed by atoms with Crippen molar-refractivity contribution in [3.8, 4) is 0 Å². The Morgan fingerprint density at radius 2 is 1.93 bits per heavy atom. The van der Waals surface area contributed by atoms with Gasteiger partial charge in [0.2, 0.25) is 5.95 Å². The van der Waals surface area contributed by atoms with E-state index in [0.29, 0.717) is 23.9 Å². The molecule has 0 radical (unpaired) electrons. The number of esters is 1. The van der Waals surface area contributed by atoms with Crippen LogP contribution >= 0.6 is 11.6 Å². The van der Waals surface area contributed by atoms with Gasteiger partial charge in [-0.2, -0.15) is 4.98 Å². The number of benzene rings is 2. The average Bonchev–Trinajstić information content (AvgIpc) is 2.67. The van der Waals surface area contributed by atoms with Crippen LogP contribution in [-0.4, -0.2) is 29.6 Å². The molecule has 0 spiro atoms. The first kappa shape index (κ1) is 19.6. The lowest BCUT2D eigenvalue weighted by atomic mass is 10.1. The molecule has 3 rings (SSSR count). The van der Waals surface area contributed by atoms with Crippen LogP contribution in [0.25, 0.3) is 0 Å². The van der Waals surface area contributed by atoms with Gasteiger partial charge in [-0.15, -0.1) is 0 Å². The number of nitrogens with one attached hydrogen (secondary N) is 2. The largest absolute Gasteiger partial charge is 0.465 e. The van der Waals surface area contributed by atoms with Crippen molar-refractivity contribution in [3.05, 3.63) is 76.4 Å². The molecular weight excluding hydrogens is 376 g/mol. The number of carbonyl (C=O) groups excluding carboxylic acids is 1. The summed E-state index contributed by atoms with van der Waals surface area (Å²) in [7, 11) is 1.36. The highest BCUT2D eigenvalue weighted by atomic mass is 35.5. The molecule has 0 unspecified atom stereocenters. The monoisotopic (exact) mass is 396 g/mol. The molecule has 1 heterocycles. The number of aryl methyl sites for hydroxylation is 1. The fourth-order valence-electron chi connectivity index (χ4n) is 2.71. The van der Waals surface area contributed by atoms with Gasteiger partial charge in [0.1, 0.15) is 5.82 Å². The number of nitrogens with zero attached hydrogens (tertiary/aromatic N) is 2. The van der Waals surface area contributed by atoms with Crippen molar-refractivity contribution in [1.29, 1.82) is 0 Å². The second-order valence-electron chi connectivity index (χ2n) is 6.22. The molecule has 1 aromatic heterocycles. The van der Waals surface area contributed by atoms with E-state index in [1.54, 1.807) is 18.2 Å². The molecule has 2 aromatic carbocycles. The zero-order chi connectivity index (χ0) is 19.9. The van der Waals surface area contributed by atoms with Gasteiger partial charge in [-0.1, -0.05) is 29.8 Å². The summed E-state index contributed by atoms with van der Waals surface area (Å²) in [6.45, 7) is 2.58. The first-order valence-electron chi connectivity index (χ1n) is 8.83. The van der Waals surface area contributed by atoms with E-state index in [1.165, 1.54) is 7.11 Å². The summed E-state index contributed by atoms with van der Waals surface area (Å²) >= 11 is 6.02. The Labute approximate surface area is 168 Å². The molecule has 28 heavy (non-hydrogen) atoms. The minimum atomic E-state index is -0.383. The van der Waals surface area contributed by atoms with Crippen LogP contribution in [0.4, 0.5) is 17.5 Å². The van der Waals surface area contributed by atoms with Crippen LogP contribution in [0.1, 0.15) is 21.6 Å². The highest BCUT2D eigenvalue weighted by Gasteiger charge is 2.07. The summed E-state index contributed by atoms with van der Waals surface area (Å²) < 4.78 is 4.76. The molecule has 2 N–H and O–H groups in total. The van der Waals surface area contributed by atoms with Gasteiger partial charge < -0.3 is 15.4 Å². The molecule has 0 bridgehead atoms. The predicted octanol–water partition coefficient (Wildman–Crippen LogP) is 4.62. The SMILES string of the molecule is COC(=O)c1cccc(Nc2cc(C)nc(NCCc3cccc(Cl)c3)n2)c1. The average molecular weight is 397 g/mol. The summed E-state index contributed by atoms with van der Waals surface area (Å²) in [5, 5.41) is 7.17. The Balaban J connectivity index is 1.67. The lowest BCUT2D eigenvalue weighted by Gasteiger charge is -2.11. The lowest BCUT2D eigenvalue weighted by Crippen LogP contribution is -2.09. The van der Waals surface area contributed by atoms with Crippen LogP contribution in [0.5, 0.6) is 0 Å². The van der Waals surface area contributed by atoms with E-state index in [0.717, 1.165) is 28.4 Å². The van der Waals surface area contributed by atoms with Gasteiger partial charge in [0.25, 0.3) is 0 Å². The molecular formula is C21H21ClN4O2. The minimum Gasteiger partial charge on any atom is -0.465 e. The molecule has 0 aliphatic carbocycles. The van der Waals surface area contributed by atoms with Crippen molar-refractivity contribution in [2.45, 2.75) is 13.3 Å². The Bertz CT molecular complexity index is 978. The van der Waals surface area contributed by atoms with E-state index in [-0.39, 0.29) is 5.97 Å². The quantitative estimate of drug-likeness (QED) is 0.567. The summed E-state index contributed by atoms with van der Waals surface area (Å²) in [5.74, 6) is 0.791. The summed E-state index contributed by atoms with van der Waals surface area (Å²) in [6, 6.07) is 16.7. The number of halogens is 1. The summed E-state index contributed by atoms with van der Waals surface area (Å²) in [6.07, 6.45) is 0.807. The molecule has 0 saturated carbocycles. The van der Waals surface area contributed by atoms with Crippen molar-refractivity contribution in [2.24, 2.45) is 0 Å². The normalized spacial score (nSPS) is 10.4. The number of carbonyl (C=O) groups is 1. The number of ether oxygens (including phenoxy) is 1. The maximum absolute atomic E-state index is 11.7. The molecule has 144 valence electrons. The second-order valence-corrected chi connectivity index (χ2v) is 6.66. The van der Waals surface area contributed by atoms with Crippen LogP contribution in [-0.2, 0) is 11.2 Å². The summed E-state index contributed by atoms with van der Waals surface area (Å²) in [5.41, 5.74) is 3.18. The van der Waals surface area contributed by atoms with Crippen LogP contribution in [0.3, 0.4) is 0 Å². The zero-order valence-electron chi connectivity index (χ0n) is 15.7. The van der Waals surface area contributed by atoms with Gasteiger partial charge in [0.15, 0.2) is 0 Å². The smallest absolute Gasteiger partial charge is 0.337 e. The van der Waals surface area contributed by atoms with Gasteiger partial charge in [-0.05, 0) is 49.2 Å². The van der Waals surface area contributed by atoms with Gasteiger partial charge in [0, 0.05) is 29.0 Å². The van der Waals surface area contributed by atoms with Crippen molar-refractivity contribution in [1.82, 2.24) is 9.97 Å². The predicted molar refractivity (Wildman–Crippen MR) is 111 cm³/mol. The Morgan fingerprint density at radius 1 is 1.11 bits per heavy atom. The van der Waals surface area contributed by atoms with Crippen molar-refractivity contribution >= 4 is 35.0 Å². The molecule has 0 amide bonds. The Morgan fingerprint density at radius 3 is 2.71 bits per heavy atom. The van der Waals surface area contributed by atoms with Crippen molar-refractivity contribution in [3.63, 3.8) is 0 Å². The third kappa shape index (κ3) is 5.44. The minimum absolute atomic E-state index is 0.383. The molecule has 6 nitrogen and oxygen atoms in total. The van der Waals surface area contributed by atoms with E-state index < -0.39 is 0 Å². The van der Waals surface area contributed by atoms with E-state index in [9.17, 15) is 4.79 Å². The van der Waals surface area contributed by atoms with Crippen LogP contribution in [0, 0.1) is 6.92 Å². The highest BCUT2D eigenvalue weighted by molar-refractivity contribution is 6.30. The standard InChI is InChI=1S/C21H21ClN4O2/c1-14-11-19(25-18-8-4-6-16(13-18)20(27)28-2)26-21(24-14)23-10-9-15-5-3-7-17(22)12-15/h3-8,11-13H,9-10H2,1-2H3,(H2,23,24,25,26). The molecule has 0 saturated heterocycles. The highest BCUT2D eigenvalue weighted by Crippen LogP contribution is 2.19. The van der Waals surface area contributed by atoms with E-state index in [1.807, 2.05) is 43.3 Å². The van der Waals surface area contributed by atoms with E-state index in [4.69, 9.17) is 16.3 Å². The Hall–Kier alpha value is -3.12. The fraction of sp³-hybridized carbons (Fsp3) is 0.190. The van der Waals surface area contributed by atoms with Crippen molar-refractivity contribution < 1.29 is 9.53 Å². The van der Waals surface area contributed by atoms with Gasteiger partial charge >= 0.3 is 5.97 Å². The third-order valence-electron chi connectivity index (χ3n) is 4.00. The zero-order valence-corrected chi connectivity index (χ0v) is 16.5. The molecule has 7 heteroatoms. The number of hydrogen-bond acceptors (Lipinski definition) is 6. The molecule has 0 fully saturated rings. The maximum Gasteiger partial charge on any atom is 0.337 e. The van der Waals surface area contributed by atoms with E-state index >= 15 is 0 Å². The lowest BCUT2D eigenvalue weighted by molar-refractivity contribution is 0.0601. The number of rotatable bonds is 7. The van der Waals surface area contributed by atoms with Crippen LogP contribution in [0.15, 0.2) is 54.6 Å². The van der Waals surface area contributed by atoms with Crippen molar-refractivity contribution in [2.75, 3.05) is 24.3 Å².